The van der Waals surface area contributed by atoms with Crippen molar-refractivity contribution in [3.05, 3.63) is 12.7 Å². The summed E-state index contributed by atoms with van der Waals surface area (Å²) >= 11 is 0. The van der Waals surface area contributed by atoms with E-state index in [9.17, 15) is 8.42 Å². The molecule has 2 unspecified atom stereocenters. The van der Waals surface area contributed by atoms with E-state index in [1.54, 1.807) is 6.08 Å². The van der Waals surface area contributed by atoms with Crippen molar-refractivity contribution in [2.24, 2.45) is 5.14 Å². The van der Waals surface area contributed by atoms with E-state index >= 15 is 0 Å². The summed E-state index contributed by atoms with van der Waals surface area (Å²) in [6, 6.07) is 0. The van der Waals surface area contributed by atoms with Crippen LogP contribution >= 0.6 is 0 Å². The van der Waals surface area contributed by atoms with Gasteiger partial charge >= 0.3 is 0 Å². The molecular weight excluding hydrogens is 242 g/mol. The van der Waals surface area contributed by atoms with Gasteiger partial charge in [-0.05, 0) is 25.7 Å². The van der Waals surface area contributed by atoms with Crippen molar-refractivity contribution in [1.29, 1.82) is 0 Å². The Labute approximate surface area is 103 Å². The van der Waals surface area contributed by atoms with Crippen LogP contribution in [0.15, 0.2) is 12.7 Å². The third kappa shape index (κ3) is 4.39. The molecule has 1 heterocycles. The van der Waals surface area contributed by atoms with Crippen molar-refractivity contribution in [3.63, 3.8) is 0 Å². The molecule has 3 atom stereocenters. The van der Waals surface area contributed by atoms with Crippen LogP contribution in [0.25, 0.3) is 0 Å². The molecule has 0 radical (unpaired) electrons. The predicted octanol–water partition coefficient (Wildman–Crippen LogP) is 0.804. The molecule has 0 bridgehead atoms. The Bertz CT molecular complexity index is 335. The highest BCUT2D eigenvalue weighted by atomic mass is 32.2. The van der Waals surface area contributed by atoms with Gasteiger partial charge in [0, 0.05) is 13.7 Å². The molecule has 6 heteroatoms. The van der Waals surface area contributed by atoms with Crippen molar-refractivity contribution in [2.45, 2.75) is 43.1 Å². The Kier molecular flexibility index (Phi) is 5.58. The van der Waals surface area contributed by atoms with Gasteiger partial charge in [0.2, 0.25) is 10.0 Å². The van der Waals surface area contributed by atoms with E-state index in [0.29, 0.717) is 19.4 Å². The van der Waals surface area contributed by atoms with E-state index in [1.165, 1.54) is 7.11 Å². The second-order valence-electron chi connectivity index (χ2n) is 4.30. The zero-order valence-electron chi connectivity index (χ0n) is 10.2. The van der Waals surface area contributed by atoms with E-state index in [-0.39, 0.29) is 6.10 Å². The van der Waals surface area contributed by atoms with E-state index in [2.05, 4.69) is 6.58 Å². The standard InChI is InChI=1S/C11H21NO4S/c1-3-5-10(15-2)11(17(12,13)14)8-9-6-4-7-16-9/h3,9-11H,1,4-8H2,2H3,(H2,12,13,14)/t9-,10?,11?/m1/s1. The Morgan fingerprint density at radius 1 is 1.65 bits per heavy atom. The van der Waals surface area contributed by atoms with Crippen molar-refractivity contribution >= 4 is 10.0 Å². The van der Waals surface area contributed by atoms with Crippen LogP contribution in [0.1, 0.15) is 25.7 Å². The Morgan fingerprint density at radius 2 is 2.35 bits per heavy atom. The van der Waals surface area contributed by atoms with Gasteiger partial charge in [0.1, 0.15) is 5.25 Å². The van der Waals surface area contributed by atoms with Gasteiger partial charge in [-0.1, -0.05) is 6.08 Å². The summed E-state index contributed by atoms with van der Waals surface area (Å²) in [5.74, 6) is 0. The molecule has 100 valence electrons. The first-order chi connectivity index (χ1) is 7.99. The van der Waals surface area contributed by atoms with Crippen LogP contribution in [-0.2, 0) is 19.5 Å². The van der Waals surface area contributed by atoms with E-state index in [0.717, 1.165) is 12.8 Å². The monoisotopic (exact) mass is 263 g/mol. The van der Waals surface area contributed by atoms with E-state index < -0.39 is 21.4 Å². The smallest absolute Gasteiger partial charge is 0.214 e. The summed E-state index contributed by atoms with van der Waals surface area (Å²) in [5, 5.41) is 4.54. The predicted molar refractivity (Wildman–Crippen MR) is 66.1 cm³/mol. The van der Waals surface area contributed by atoms with Gasteiger partial charge in [0.05, 0.1) is 12.2 Å². The van der Waals surface area contributed by atoms with Crippen LogP contribution in [0, 0.1) is 0 Å². The van der Waals surface area contributed by atoms with Gasteiger partial charge < -0.3 is 9.47 Å². The summed E-state index contributed by atoms with van der Waals surface area (Å²) in [7, 11) is -2.15. The van der Waals surface area contributed by atoms with Crippen molar-refractivity contribution in [2.75, 3.05) is 13.7 Å². The topological polar surface area (TPSA) is 78.6 Å². The first kappa shape index (κ1) is 14.6. The van der Waals surface area contributed by atoms with Gasteiger partial charge in [0.25, 0.3) is 0 Å². The zero-order chi connectivity index (χ0) is 12.9. The quantitative estimate of drug-likeness (QED) is 0.689. The highest BCUT2D eigenvalue weighted by Gasteiger charge is 2.34. The zero-order valence-corrected chi connectivity index (χ0v) is 11.0. The Hall–Kier alpha value is -0.430. The molecular formula is C11H21NO4S. The fourth-order valence-corrected chi connectivity index (χ4v) is 3.28. The fraction of sp³-hybridized carbons (Fsp3) is 0.818. The normalized spacial score (nSPS) is 24.5. The third-order valence-electron chi connectivity index (χ3n) is 3.06. The number of ether oxygens (including phenoxy) is 2. The molecule has 0 amide bonds. The fourth-order valence-electron chi connectivity index (χ4n) is 2.15. The van der Waals surface area contributed by atoms with Gasteiger partial charge in [-0.2, -0.15) is 0 Å². The van der Waals surface area contributed by atoms with Crippen LogP contribution in [0.2, 0.25) is 0 Å². The number of hydrogen-bond acceptors (Lipinski definition) is 4. The minimum absolute atomic E-state index is 0.0270. The Morgan fingerprint density at radius 3 is 2.76 bits per heavy atom. The minimum atomic E-state index is -3.64. The lowest BCUT2D eigenvalue weighted by Crippen LogP contribution is -2.41. The second-order valence-corrected chi connectivity index (χ2v) is 6.08. The SMILES string of the molecule is C=CCC(OC)C(C[C@H]1CCCO1)S(N)(=O)=O. The average molecular weight is 263 g/mol. The lowest BCUT2D eigenvalue weighted by molar-refractivity contribution is 0.0632. The molecule has 0 saturated carbocycles. The summed E-state index contributed by atoms with van der Waals surface area (Å²) < 4.78 is 33.9. The molecule has 0 aromatic carbocycles. The summed E-state index contributed by atoms with van der Waals surface area (Å²) in [5.41, 5.74) is 0. The lowest BCUT2D eigenvalue weighted by Gasteiger charge is -2.25. The summed E-state index contributed by atoms with van der Waals surface area (Å²) in [6.45, 7) is 4.29. The molecule has 1 fully saturated rings. The molecule has 1 aliphatic heterocycles. The van der Waals surface area contributed by atoms with Crippen LogP contribution in [0.3, 0.4) is 0 Å². The number of sulfonamides is 1. The minimum Gasteiger partial charge on any atom is -0.380 e. The maximum absolute atomic E-state index is 11.6. The van der Waals surface area contributed by atoms with E-state index in [4.69, 9.17) is 14.6 Å². The lowest BCUT2D eigenvalue weighted by atomic mass is 10.0. The molecule has 2 N–H and O–H groups in total. The van der Waals surface area contributed by atoms with Gasteiger partial charge in [-0.3, -0.25) is 0 Å². The molecule has 1 saturated heterocycles. The number of hydrogen-bond donors (Lipinski definition) is 1. The average Bonchev–Trinajstić information content (AvgIpc) is 2.74. The van der Waals surface area contributed by atoms with Crippen molar-refractivity contribution in [3.8, 4) is 0 Å². The first-order valence-corrected chi connectivity index (χ1v) is 7.37. The molecule has 5 nitrogen and oxygen atoms in total. The van der Waals surface area contributed by atoms with Gasteiger partial charge in [-0.25, -0.2) is 13.6 Å². The van der Waals surface area contributed by atoms with E-state index in [1.807, 2.05) is 0 Å². The summed E-state index contributed by atoms with van der Waals surface area (Å²) in [6.07, 6.45) is 3.88. The highest BCUT2D eigenvalue weighted by molar-refractivity contribution is 7.89. The maximum Gasteiger partial charge on any atom is 0.214 e. The number of primary sulfonamides is 1. The first-order valence-electron chi connectivity index (χ1n) is 5.76. The number of rotatable bonds is 7. The molecule has 17 heavy (non-hydrogen) atoms. The molecule has 0 aliphatic carbocycles. The van der Waals surface area contributed by atoms with Gasteiger partial charge in [0.15, 0.2) is 0 Å². The van der Waals surface area contributed by atoms with Crippen molar-refractivity contribution in [1.82, 2.24) is 0 Å². The van der Waals surface area contributed by atoms with Crippen molar-refractivity contribution < 1.29 is 17.9 Å². The van der Waals surface area contributed by atoms with Crippen LogP contribution in [0.4, 0.5) is 0 Å². The maximum atomic E-state index is 11.6. The molecule has 0 aromatic heterocycles. The number of nitrogens with two attached hydrogens (primary N) is 1. The molecule has 1 aliphatic rings. The van der Waals surface area contributed by atoms with Crippen LogP contribution < -0.4 is 5.14 Å². The number of methoxy groups -OCH3 is 1. The largest absolute Gasteiger partial charge is 0.380 e. The third-order valence-corrected chi connectivity index (χ3v) is 4.40. The van der Waals surface area contributed by atoms with Crippen LogP contribution in [-0.4, -0.2) is 39.6 Å². The highest BCUT2D eigenvalue weighted by Crippen LogP contribution is 2.23. The molecule has 0 spiro atoms. The second kappa shape index (κ2) is 6.49. The molecule has 1 rings (SSSR count). The summed E-state index contributed by atoms with van der Waals surface area (Å²) in [4.78, 5) is 0. The van der Waals surface area contributed by atoms with Crippen LogP contribution in [0.5, 0.6) is 0 Å². The Balaban J connectivity index is 2.74. The molecule has 0 aromatic rings. The van der Waals surface area contributed by atoms with Gasteiger partial charge in [-0.15, -0.1) is 6.58 Å².